The van der Waals surface area contributed by atoms with Crippen LogP contribution < -0.4 is 4.90 Å². The molecule has 0 atom stereocenters. The van der Waals surface area contributed by atoms with Crippen molar-refractivity contribution in [1.29, 1.82) is 0 Å². The van der Waals surface area contributed by atoms with Crippen LogP contribution in [0.25, 0.3) is 0 Å². The summed E-state index contributed by atoms with van der Waals surface area (Å²) in [5.41, 5.74) is 3.28. The third-order valence-electron chi connectivity index (χ3n) is 3.32. The maximum atomic E-state index is 4.12. The van der Waals surface area contributed by atoms with Crippen molar-refractivity contribution < 1.29 is 21.1 Å². The molecule has 0 N–H and O–H groups in total. The Balaban J connectivity index is 0.000000180. The molecular weight excluding hydrogens is 508 g/mol. The summed E-state index contributed by atoms with van der Waals surface area (Å²) < 4.78 is 3.48. The SMILES string of the molecule is CN1[CH-]N(c2[c-]cccc2)C=N1.Cc1cnn([B]n2cc(C)cn2)c1.[Pt+2]. The molecule has 0 spiro atoms. The Morgan fingerprint density at radius 2 is 1.69 bits per heavy atom. The van der Waals surface area contributed by atoms with E-state index in [1.54, 1.807) is 20.5 Å². The topological polar surface area (TPSA) is 54.5 Å². The molecule has 0 saturated heterocycles. The van der Waals surface area contributed by atoms with Gasteiger partial charge in [-0.05, 0) is 32.0 Å². The van der Waals surface area contributed by atoms with E-state index in [9.17, 15) is 0 Å². The van der Waals surface area contributed by atoms with E-state index < -0.39 is 0 Å². The van der Waals surface area contributed by atoms with Gasteiger partial charge >= 0.3 is 28.6 Å². The molecule has 0 saturated carbocycles. The summed E-state index contributed by atoms with van der Waals surface area (Å²) in [6.07, 6.45) is 9.26. The van der Waals surface area contributed by atoms with Gasteiger partial charge in [0.05, 0.1) is 18.7 Å². The van der Waals surface area contributed by atoms with Crippen LogP contribution in [0.2, 0.25) is 0 Å². The molecule has 3 heterocycles. The van der Waals surface area contributed by atoms with Crippen molar-refractivity contribution in [2.75, 3.05) is 11.9 Å². The normalized spacial score (nSPS) is 12.4. The van der Waals surface area contributed by atoms with Gasteiger partial charge in [-0.2, -0.15) is 40.5 Å². The third-order valence-corrected chi connectivity index (χ3v) is 3.32. The fourth-order valence-electron chi connectivity index (χ4n) is 2.16. The van der Waals surface area contributed by atoms with Crippen LogP contribution in [0.3, 0.4) is 0 Å². The molecule has 0 bridgehead atoms. The van der Waals surface area contributed by atoms with E-state index in [2.05, 4.69) is 21.4 Å². The summed E-state index contributed by atoms with van der Waals surface area (Å²) in [6, 6.07) is 10.9. The number of hydrogen-bond acceptors (Lipinski definition) is 5. The number of aromatic nitrogens is 4. The Labute approximate surface area is 168 Å². The minimum Gasteiger partial charge on any atom is -0.483 e. The van der Waals surface area contributed by atoms with Crippen LogP contribution in [0, 0.1) is 26.6 Å². The van der Waals surface area contributed by atoms with E-state index in [1.807, 2.05) is 89.1 Å². The maximum absolute atomic E-state index is 4.12. The number of hydrazone groups is 1. The van der Waals surface area contributed by atoms with Gasteiger partial charge in [-0.1, -0.05) is 0 Å². The van der Waals surface area contributed by atoms with Gasteiger partial charge in [0.15, 0.2) is 0 Å². The van der Waals surface area contributed by atoms with E-state index in [-0.39, 0.29) is 21.1 Å². The Hall–Kier alpha value is -2.34. The quantitative estimate of drug-likeness (QED) is 0.386. The first kappa shape index (κ1) is 20.0. The van der Waals surface area contributed by atoms with Crippen LogP contribution in [-0.2, 0) is 21.1 Å². The zero-order chi connectivity index (χ0) is 17.6. The molecule has 1 radical (unpaired) electrons. The smallest absolute Gasteiger partial charge is 0.483 e. The van der Waals surface area contributed by atoms with Gasteiger partial charge in [0, 0.05) is 12.4 Å². The first-order chi connectivity index (χ1) is 12.1. The zero-order valence-corrected chi connectivity index (χ0v) is 17.1. The maximum Gasteiger partial charge on any atom is 2.00 e. The van der Waals surface area contributed by atoms with Crippen molar-refractivity contribution in [2.24, 2.45) is 5.10 Å². The van der Waals surface area contributed by atoms with Crippen LogP contribution in [0.4, 0.5) is 5.69 Å². The van der Waals surface area contributed by atoms with Gasteiger partial charge < -0.3 is 9.91 Å². The van der Waals surface area contributed by atoms with Gasteiger partial charge in [0.2, 0.25) is 0 Å². The van der Waals surface area contributed by atoms with Crippen LogP contribution in [0.15, 0.2) is 54.2 Å². The summed E-state index contributed by atoms with van der Waals surface area (Å²) in [5.74, 6) is 0. The minimum absolute atomic E-state index is 0. The number of para-hydroxylation sites is 1. The molecule has 0 fully saturated rings. The molecule has 3 aromatic rings. The van der Waals surface area contributed by atoms with Crippen molar-refractivity contribution in [3.63, 3.8) is 0 Å². The van der Waals surface area contributed by atoms with Crippen LogP contribution in [0.5, 0.6) is 0 Å². The largest absolute Gasteiger partial charge is 2.00 e. The molecule has 0 amide bonds. The summed E-state index contributed by atoms with van der Waals surface area (Å²) in [6.45, 7) is 5.91. The van der Waals surface area contributed by atoms with Gasteiger partial charge in [-0.15, -0.1) is 12.4 Å². The van der Waals surface area contributed by atoms with E-state index >= 15 is 0 Å². The Morgan fingerprint density at radius 3 is 2.12 bits per heavy atom. The number of benzene rings is 1. The average Bonchev–Trinajstić information content (AvgIpc) is 3.32. The number of hydrogen-bond donors (Lipinski definition) is 0. The van der Waals surface area contributed by atoms with Crippen LogP contribution >= 0.6 is 0 Å². The number of rotatable bonds is 3. The average molecular weight is 527 g/mol. The predicted molar refractivity (Wildman–Crippen MR) is 98.8 cm³/mol. The standard InChI is InChI=1S/C9H9N3.C8H10BN4.Pt/c1-11-8-12(7-10-11)9-5-3-2-4-6-9;1-7-3-10-12(5-7)9-13-6-8(2)4-11-13;/h2-5,7-8H,1H3;3-6H,1-2H3;/q-2;;+2. The van der Waals surface area contributed by atoms with Crippen molar-refractivity contribution in [3.05, 3.63) is 72.9 Å². The molecule has 7 nitrogen and oxygen atoms in total. The Morgan fingerprint density at radius 1 is 1.04 bits per heavy atom. The monoisotopic (exact) mass is 527 g/mol. The molecule has 1 aromatic carbocycles. The van der Waals surface area contributed by atoms with Crippen molar-refractivity contribution in [1.82, 2.24) is 24.4 Å². The summed E-state index contributed by atoms with van der Waals surface area (Å²) in [5, 5.41) is 14.0. The molecule has 135 valence electrons. The minimum atomic E-state index is 0. The second kappa shape index (κ2) is 9.39. The van der Waals surface area contributed by atoms with Crippen molar-refractivity contribution in [3.8, 4) is 0 Å². The summed E-state index contributed by atoms with van der Waals surface area (Å²) in [7, 11) is 3.71. The number of nitrogens with zero attached hydrogens (tertiary/aromatic N) is 7. The van der Waals surface area contributed by atoms with E-state index in [4.69, 9.17) is 0 Å². The molecule has 1 aliphatic heterocycles. The number of anilines is 1. The third kappa shape index (κ3) is 5.59. The van der Waals surface area contributed by atoms with E-state index in [0.29, 0.717) is 0 Å². The second-order valence-corrected chi connectivity index (χ2v) is 5.69. The second-order valence-electron chi connectivity index (χ2n) is 5.69. The van der Waals surface area contributed by atoms with Crippen LogP contribution in [0.1, 0.15) is 11.1 Å². The summed E-state index contributed by atoms with van der Waals surface area (Å²) >= 11 is 0. The van der Waals surface area contributed by atoms with E-state index in [1.165, 1.54) is 0 Å². The fraction of sp³-hybridized carbons (Fsp3) is 0.176. The molecule has 0 aliphatic carbocycles. The molecule has 2 aromatic heterocycles. The fourth-order valence-corrected chi connectivity index (χ4v) is 2.16. The first-order valence-corrected chi connectivity index (χ1v) is 7.83. The molecule has 26 heavy (non-hydrogen) atoms. The van der Waals surface area contributed by atoms with Gasteiger partial charge in [0.25, 0.3) is 0 Å². The molecule has 4 rings (SSSR count). The Bertz CT molecular complexity index is 792. The van der Waals surface area contributed by atoms with Gasteiger partial charge in [-0.3, -0.25) is 9.19 Å². The zero-order valence-electron chi connectivity index (χ0n) is 14.8. The molecule has 1 aliphatic rings. The van der Waals surface area contributed by atoms with Gasteiger partial charge in [-0.25, -0.2) is 5.10 Å². The predicted octanol–water partition coefficient (Wildman–Crippen LogP) is 1.93. The van der Waals surface area contributed by atoms with Crippen LogP contribution in [-0.4, -0.2) is 45.3 Å². The first-order valence-electron chi connectivity index (χ1n) is 7.83. The van der Waals surface area contributed by atoms with Gasteiger partial charge in [0.1, 0.15) is 0 Å². The van der Waals surface area contributed by atoms with Crippen molar-refractivity contribution in [2.45, 2.75) is 13.8 Å². The van der Waals surface area contributed by atoms with Crippen molar-refractivity contribution >= 4 is 19.6 Å². The summed E-state index contributed by atoms with van der Waals surface area (Å²) in [4.78, 5) is 1.92. The van der Waals surface area contributed by atoms with E-state index in [0.717, 1.165) is 16.8 Å². The molecule has 9 heteroatoms. The number of aryl methyl sites for hydroxylation is 2. The molecular formula is C17H19BN7Pt. The Kier molecular flexibility index (Phi) is 7.21. The molecule has 0 unspecified atom stereocenters.